The van der Waals surface area contributed by atoms with Crippen LogP contribution in [0.2, 0.25) is 0 Å². The van der Waals surface area contributed by atoms with Gasteiger partial charge >= 0.3 is 6.18 Å². The lowest BCUT2D eigenvalue weighted by Gasteiger charge is -2.15. The summed E-state index contributed by atoms with van der Waals surface area (Å²) in [6.07, 6.45) is 2.44. The summed E-state index contributed by atoms with van der Waals surface area (Å²) in [4.78, 5) is 18.0. The maximum Gasteiger partial charge on any atom is 0.416 e. The van der Waals surface area contributed by atoms with Crippen molar-refractivity contribution in [1.82, 2.24) is 15.2 Å². The molecule has 2 aromatic carbocycles. The van der Waals surface area contributed by atoms with Gasteiger partial charge in [0.25, 0.3) is 5.91 Å². The molecule has 0 saturated carbocycles. The molecule has 1 aliphatic heterocycles. The van der Waals surface area contributed by atoms with Gasteiger partial charge in [0.1, 0.15) is 0 Å². The second kappa shape index (κ2) is 15.2. The van der Waals surface area contributed by atoms with Gasteiger partial charge in [-0.1, -0.05) is 56.7 Å². The number of amides is 1. The minimum absolute atomic E-state index is 0.188. The summed E-state index contributed by atoms with van der Waals surface area (Å²) in [6, 6.07) is 15.7. The van der Waals surface area contributed by atoms with Gasteiger partial charge < -0.3 is 10.4 Å². The number of rotatable bonds is 3. The van der Waals surface area contributed by atoms with Crippen molar-refractivity contribution in [2.45, 2.75) is 65.3 Å². The van der Waals surface area contributed by atoms with E-state index in [4.69, 9.17) is 5.11 Å². The lowest BCUT2D eigenvalue weighted by molar-refractivity contribution is -0.137. The third-order valence-corrected chi connectivity index (χ3v) is 6.01. The number of aliphatic hydroxyl groups is 1. The Bertz CT molecular complexity index is 1130. The van der Waals surface area contributed by atoms with Gasteiger partial charge in [0.15, 0.2) is 0 Å². The molecule has 38 heavy (non-hydrogen) atoms. The number of hydrogen-bond acceptors (Lipinski definition) is 4. The second-order valence-corrected chi connectivity index (χ2v) is 9.08. The molecular weight excluding hydrogens is 491 g/mol. The van der Waals surface area contributed by atoms with E-state index >= 15 is 0 Å². The average Bonchev–Trinajstić information content (AvgIpc) is 3.56. The average molecular weight is 530 g/mol. The number of aromatic nitrogens is 1. The summed E-state index contributed by atoms with van der Waals surface area (Å²) >= 11 is 0. The predicted octanol–water partition coefficient (Wildman–Crippen LogP) is 6.18. The van der Waals surface area contributed by atoms with Crippen molar-refractivity contribution in [3.8, 4) is 0 Å². The largest absolute Gasteiger partial charge is 0.416 e. The zero-order valence-electron chi connectivity index (χ0n) is 22.6. The maximum atomic E-state index is 12.6. The first-order valence-corrected chi connectivity index (χ1v) is 12.8. The van der Waals surface area contributed by atoms with Crippen molar-refractivity contribution in [3.05, 3.63) is 99.9 Å². The zero-order valence-corrected chi connectivity index (χ0v) is 22.6. The van der Waals surface area contributed by atoms with Crippen molar-refractivity contribution >= 4 is 5.91 Å². The third kappa shape index (κ3) is 8.96. The fourth-order valence-corrected chi connectivity index (χ4v) is 4.28. The van der Waals surface area contributed by atoms with Crippen LogP contribution in [0.25, 0.3) is 0 Å². The van der Waals surface area contributed by atoms with E-state index in [2.05, 4.69) is 53.3 Å². The number of carbonyl (C=O) groups excluding carboxylic acids is 1. The van der Waals surface area contributed by atoms with Gasteiger partial charge in [0, 0.05) is 40.0 Å². The molecule has 0 radical (unpaired) electrons. The normalized spacial score (nSPS) is 13.5. The van der Waals surface area contributed by atoms with Gasteiger partial charge in [-0.25, -0.2) is 0 Å². The first-order chi connectivity index (χ1) is 18.2. The van der Waals surface area contributed by atoms with Crippen molar-refractivity contribution in [2.75, 3.05) is 14.2 Å². The second-order valence-electron chi connectivity index (χ2n) is 9.08. The Morgan fingerprint density at radius 2 is 1.55 bits per heavy atom. The van der Waals surface area contributed by atoms with Crippen molar-refractivity contribution in [2.24, 2.45) is 0 Å². The highest BCUT2D eigenvalue weighted by Crippen LogP contribution is 2.30. The predicted molar refractivity (Wildman–Crippen MR) is 145 cm³/mol. The van der Waals surface area contributed by atoms with Gasteiger partial charge in [-0.3, -0.25) is 14.7 Å². The number of nitrogens with one attached hydrogen (secondary N) is 1. The van der Waals surface area contributed by atoms with E-state index in [-0.39, 0.29) is 5.91 Å². The quantitative estimate of drug-likeness (QED) is 0.426. The van der Waals surface area contributed by atoms with Crippen LogP contribution in [0.4, 0.5) is 13.2 Å². The first kappa shape index (κ1) is 31.0. The van der Waals surface area contributed by atoms with Crippen molar-refractivity contribution in [3.63, 3.8) is 0 Å². The maximum absolute atomic E-state index is 12.6. The Balaban J connectivity index is 0.000000297. The highest BCUT2D eigenvalue weighted by atomic mass is 19.4. The standard InChI is InChI=1S/C17H16F3N3O.C9H10.C3H8.CH4O/c1-21-16(24)12-6-13-9-23(10-15(13)22-7-12)8-11-2-4-14(5-3-11)17(18,19)20;1-2-5-9-7-3-6-8(9)4-1;1-3-2;1-2/h2-7H,8-10H2,1H3,(H,21,24);1-2,4-5H,3,6-7H2;3H2,1-2H3;2H,1H3. The zero-order chi connectivity index (χ0) is 28.1. The minimum atomic E-state index is -4.32. The number of hydrogen-bond donors (Lipinski definition) is 2. The van der Waals surface area contributed by atoms with Crippen LogP contribution >= 0.6 is 0 Å². The fraction of sp³-hybridized carbons (Fsp3) is 0.400. The smallest absolute Gasteiger partial charge is 0.400 e. The number of pyridine rings is 1. The highest BCUT2D eigenvalue weighted by molar-refractivity contribution is 5.93. The van der Waals surface area contributed by atoms with Crippen LogP contribution in [0.5, 0.6) is 0 Å². The van der Waals surface area contributed by atoms with Gasteiger partial charge in [-0.15, -0.1) is 0 Å². The Kier molecular flexibility index (Phi) is 12.4. The van der Waals surface area contributed by atoms with Crippen LogP contribution in [0.15, 0.2) is 60.8 Å². The van der Waals surface area contributed by atoms with E-state index in [0.717, 1.165) is 36.1 Å². The third-order valence-electron chi connectivity index (χ3n) is 6.01. The van der Waals surface area contributed by atoms with Crippen LogP contribution in [-0.2, 0) is 38.7 Å². The molecule has 0 bridgehead atoms. The number of alkyl halides is 3. The SMILES string of the molecule is CCC.CNC(=O)c1cnc2c(c1)CN(Cc1ccc(C(F)(F)F)cc1)C2.CO.c1ccc2c(c1)CCC2. The van der Waals surface area contributed by atoms with Crippen molar-refractivity contribution < 1.29 is 23.1 Å². The molecule has 0 fully saturated rings. The molecular formula is C30H38F3N3O2. The molecule has 206 valence electrons. The molecule has 0 unspecified atom stereocenters. The van der Waals surface area contributed by atoms with Crippen LogP contribution in [0.1, 0.15) is 70.6 Å². The molecule has 3 aromatic rings. The highest BCUT2D eigenvalue weighted by Gasteiger charge is 2.30. The van der Waals surface area contributed by atoms with E-state index in [1.807, 2.05) is 6.07 Å². The molecule has 0 saturated heterocycles. The van der Waals surface area contributed by atoms with Gasteiger partial charge in [0.05, 0.1) is 16.8 Å². The molecule has 1 amide bonds. The molecule has 2 aliphatic rings. The number of carbonyl (C=O) groups is 1. The number of halogens is 3. The Morgan fingerprint density at radius 1 is 0.974 bits per heavy atom. The lowest BCUT2D eigenvalue weighted by Crippen LogP contribution is -2.18. The summed E-state index contributed by atoms with van der Waals surface area (Å²) in [7, 11) is 2.56. The molecule has 5 nitrogen and oxygen atoms in total. The molecule has 5 rings (SSSR count). The summed E-state index contributed by atoms with van der Waals surface area (Å²) in [6.45, 7) is 6.02. The molecule has 1 aromatic heterocycles. The van der Waals surface area contributed by atoms with E-state index in [1.54, 1.807) is 24.4 Å². The molecule has 2 heterocycles. The number of benzene rings is 2. The number of nitrogens with zero attached hydrogens (tertiary/aromatic N) is 2. The van der Waals surface area contributed by atoms with Crippen LogP contribution in [-0.4, -0.2) is 35.1 Å². The lowest BCUT2D eigenvalue weighted by atomic mass is 10.1. The summed E-state index contributed by atoms with van der Waals surface area (Å²) in [5.41, 5.74) is 5.68. The van der Waals surface area contributed by atoms with Crippen LogP contribution < -0.4 is 5.32 Å². The Hall–Kier alpha value is -3.23. The van der Waals surface area contributed by atoms with E-state index < -0.39 is 11.7 Å². The molecule has 0 spiro atoms. The molecule has 1 aliphatic carbocycles. The topological polar surface area (TPSA) is 65.5 Å². The van der Waals surface area contributed by atoms with E-state index in [9.17, 15) is 18.0 Å². The van der Waals surface area contributed by atoms with E-state index in [1.165, 1.54) is 37.8 Å². The van der Waals surface area contributed by atoms with Gasteiger partial charge in [-0.2, -0.15) is 13.2 Å². The van der Waals surface area contributed by atoms with Crippen LogP contribution in [0, 0.1) is 0 Å². The van der Waals surface area contributed by atoms with E-state index in [0.29, 0.717) is 25.2 Å². The monoisotopic (exact) mass is 529 g/mol. The number of aryl methyl sites for hydroxylation is 2. The molecule has 2 N–H and O–H groups in total. The summed E-state index contributed by atoms with van der Waals surface area (Å²) in [5, 5.41) is 9.56. The van der Waals surface area contributed by atoms with Gasteiger partial charge in [-0.05, 0) is 59.7 Å². The fourth-order valence-electron chi connectivity index (χ4n) is 4.28. The molecule has 8 heteroatoms. The number of fused-ring (bicyclic) bond motifs is 2. The first-order valence-electron chi connectivity index (χ1n) is 12.8. The Morgan fingerprint density at radius 3 is 2.08 bits per heavy atom. The van der Waals surface area contributed by atoms with Crippen molar-refractivity contribution in [1.29, 1.82) is 0 Å². The van der Waals surface area contributed by atoms with Gasteiger partial charge in [0.2, 0.25) is 0 Å². The summed E-state index contributed by atoms with van der Waals surface area (Å²) in [5.74, 6) is -0.188. The minimum Gasteiger partial charge on any atom is -0.400 e. The van der Waals surface area contributed by atoms with Crippen LogP contribution in [0.3, 0.4) is 0 Å². The number of aliphatic hydroxyl groups excluding tert-OH is 1. The Labute approximate surface area is 223 Å². The molecule has 0 atom stereocenters. The summed E-state index contributed by atoms with van der Waals surface area (Å²) < 4.78 is 37.8.